The molecule has 0 bridgehead atoms. The summed E-state index contributed by atoms with van der Waals surface area (Å²) in [4.78, 5) is 8.51. The highest BCUT2D eigenvalue weighted by Gasteiger charge is 2.32. The zero-order valence-electron chi connectivity index (χ0n) is 9.95. The van der Waals surface area contributed by atoms with Crippen LogP contribution in [-0.2, 0) is 6.54 Å². The third kappa shape index (κ3) is 1.03. The fourth-order valence-corrected chi connectivity index (χ4v) is 2.82. The smallest absolute Gasteiger partial charge is 0.385 e. The van der Waals surface area contributed by atoms with Crippen molar-refractivity contribution in [2.75, 3.05) is 0 Å². The van der Waals surface area contributed by atoms with E-state index < -0.39 is 0 Å². The number of oxazole rings is 1. The van der Waals surface area contributed by atoms with E-state index in [9.17, 15) is 0 Å². The van der Waals surface area contributed by atoms with Crippen LogP contribution in [0.25, 0.3) is 28.2 Å². The van der Waals surface area contributed by atoms with Crippen LogP contribution in [0.4, 0.5) is 0 Å². The highest BCUT2D eigenvalue weighted by Crippen LogP contribution is 2.32. The molecular weight excluding hydrogens is 240 g/mol. The zero-order chi connectivity index (χ0) is 12.4. The molecule has 4 aromatic rings. The highest BCUT2D eigenvalue weighted by atomic mass is 16.4. The molecule has 0 unspecified atom stereocenters. The lowest BCUT2D eigenvalue weighted by atomic mass is 10.2. The number of hydrogen-bond donors (Lipinski definition) is 0. The number of hydrogen-bond acceptors (Lipinski definition) is 3. The molecule has 4 aromatic heterocycles. The quantitative estimate of drug-likeness (QED) is 0.393. The van der Waals surface area contributed by atoms with Crippen LogP contribution in [0.15, 0.2) is 47.4 Å². The molecule has 1 aliphatic heterocycles. The summed E-state index contributed by atoms with van der Waals surface area (Å²) in [6.45, 7) is 0.759. The van der Waals surface area contributed by atoms with E-state index in [0.717, 1.165) is 34.9 Å². The van der Waals surface area contributed by atoms with Gasteiger partial charge in [-0.05, 0) is 12.1 Å². The van der Waals surface area contributed by atoms with Gasteiger partial charge in [0.15, 0.2) is 11.2 Å². The Morgan fingerprint density at radius 2 is 2.26 bits per heavy atom. The monoisotopic (exact) mass is 249 g/mol. The van der Waals surface area contributed by atoms with E-state index in [1.54, 1.807) is 12.4 Å². The van der Waals surface area contributed by atoms with E-state index in [0.29, 0.717) is 0 Å². The van der Waals surface area contributed by atoms with Crippen LogP contribution in [0.5, 0.6) is 0 Å². The first-order valence-corrected chi connectivity index (χ1v) is 6.13. The second kappa shape index (κ2) is 3.00. The molecule has 0 N–H and O–H groups in total. The van der Waals surface area contributed by atoms with Crippen molar-refractivity contribution in [3.05, 3.63) is 48.7 Å². The van der Waals surface area contributed by atoms with Crippen molar-refractivity contribution in [2.24, 2.45) is 0 Å². The molecule has 0 aliphatic carbocycles. The lowest BCUT2D eigenvalue weighted by Crippen LogP contribution is -2.16. The first-order valence-electron chi connectivity index (χ1n) is 6.13. The van der Waals surface area contributed by atoms with Crippen molar-refractivity contribution in [1.82, 2.24) is 14.5 Å². The molecule has 19 heavy (non-hydrogen) atoms. The Labute approximate surface area is 107 Å². The third-order valence-electron chi connectivity index (χ3n) is 3.68. The second-order valence-electron chi connectivity index (χ2n) is 4.70. The predicted molar refractivity (Wildman–Crippen MR) is 67.5 cm³/mol. The fourth-order valence-electron chi connectivity index (χ4n) is 2.82. The Hall–Kier alpha value is -2.69. The number of aromatic nitrogens is 4. The first-order chi connectivity index (χ1) is 9.42. The fraction of sp³-hybridized carbons (Fsp3) is 0.0714. The van der Waals surface area contributed by atoms with Crippen LogP contribution in [0, 0.1) is 0 Å². The van der Waals surface area contributed by atoms with Gasteiger partial charge in [0.05, 0.1) is 17.5 Å². The molecule has 5 nitrogen and oxygen atoms in total. The molecule has 0 fully saturated rings. The molecule has 0 saturated heterocycles. The Morgan fingerprint density at radius 1 is 1.26 bits per heavy atom. The second-order valence-corrected chi connectivity index (χ2v) is 4.70. The maximum Gasteiger partial charge on any atom is 0.468 e. The maximum absolute atomic E-state index is 5.90. The SMILES string of the molecule is c1cnc2c(c1)-c1c[n+]3c4ccncc4oc3n1C2. The van der Waals surface area contributed by atoms with Crippen LogP contribution in [-0.4, -0.2) is 14.5 Å². The Balaban J connectivity index is 1.93. The number of rotatable bonds is 0. The van der Waals surface area contributed by atoms with Crippen molar-refractivity contribution in [2.45, 2.75) is 6.54 Å². The molecule has 5 heterocycles. The normalized spacial score (nSPS) is 13.1. The van der Waals surface area contributed by atoms with Gasteiger partial charge in [-0.1, -0.05) is 0 Å². The Kier molecular flexibility index (Phi) is 1.46. The minimum atomic E-state index is 0.759. The summed E-state index contributed by atoms with van der Waals surface area (Å²) >= 11 is 0. The van der Waals surface area contributed by atoms with Gasteiger partial charge in [-0.3, -0.25) is 9.97 Å². The third-order valence-corrected chi connectivity index (χ3v) is 3.68. The summed E-state index contributed by atoms with van der Waals surface area (Å²) in [7, 11) is 0. The molecule has 0 atom stereocenters. The molecule has 1 aliphatic rings. The number of pyridine rings is 2. The van der Waals surface area contributed by atoms with Crippen LogP contribution in [0.3, 0.4) is 0 Å². The van der Waals surface area contributed by atoms with Gasteiger partial charge in [0.1, 0.15) is 12.7 Å². The molecule has 0 aromatic carbocycles. The van der Waals surface area contributed by atoms with Gasteiger partial charge < -0.3 is 4.42 Å². The maximum atomic E-state index is 5.90. The van der Waals surface area contributed by atoms with Crippen molar-refractivity contribution in [1.29, 1.82) is 0 Å². The molecule has 90 valence electrons. The molecule has 0 spiro atoms. The summed E-state index contributed by atoms with van der Waals surface area (Å²) in [5.41, 5.74) is 5.27. The zero-order valence-corrected chi connectivity index (χ0v) is 9.95. The van der Waals surface area contributed by atoms with Gasteiger partial charge >= 0.3 is 5.84 Å². The van der Waals surface area contributed by atoms with Gasteiger partial charge in [0.25, 0.3) is 0 Å². The van der Waals surface area contributed by atoms with Crippen molar-refractivity contribution < 1.29 is 8.82 Å². The van der Waals surface area contributed by atoms with E-state index >= 15 is 0 Å². The van der Waals surface area contributed by atoms with Crippen LogP contribution < -0.4 is 4.40 Å². The highest BCUT2D eigenvalue weighted by molar-refractivity contribution is 5.72. The van der Waals surface area contributed by atoms with E-state index in [-0.39, 0.29) is 0 Å². The molecule has 5 heteroatoms. The summed E-state index contributed by atoms with van der Waals surface area (Å²) in [6, 6.07) is 6.03. The van der Waals surface area contributed by atoms with E-state index in [1.165, 1.54) is 5.56 Å². The first kappa shape index (κ1) is 9.27. The van der Waals surface area contributed by atoms with Crippen LogP contribution >= 0.6 is 0 Å². The van der Waals surface area contributed by atoms with E-state index in [4.69, 9.17) is 4.42 Å². The van der Waals surface area contributed by atoms with Gasteiger partial charge in [-0.25, -0.2) is 0 Å². The lowest BCUT2D eigenvalue weighted by Gasteiger charge is -1.90. The Morgan fingerprint density at radius 3 is 3.26 bits per heavy atom. The standard InChI is InChI=1S/C14H9N4O/c1-2-9-10(16-4-1)7-17-12(9)8-18-11-3-5-15-6-13(11)19-14(17)18/h1-6,8H,7H2/q+1. The molecule has 5 rings (SSSR count). The topological polar surface area (TPSA) is 48.0 Å². The van der Waals surface area contributed by atoms with Gasteiger partial charge in [0.2, 0.25) is 5.58 Å². The number of fused-ring (bicyclic) bond motifs is 7. The Bertz CT molecular complexity index is 951. The van der Waals surface area contributed by atoms with Gasteiger partial charge in [-0.15, -0.1) is 0 Å². The number of imidazole rings is 1. The largest absolute Gasteiger partial charge is 0.468 e. The minimum absolute atomic E-state index is 0.759. The molecule has 0 radical (unpaired) electrons. The lowest BCUT2D eigenvalue weighted by molar-refractivity contribution is -0.484. The van der Waals surface area contributed by atoms with Crippen molar-refractivity contribution >= 4 is 16.9 Å². The molecule has 0 saturated carbocycles. The summed E-state index contributed by atoms with van der Waals surface area (Å²) in [5, 5.41) is 0. The van der Waals surface area contributed by atoms with E-state index in [2.05, 4.69) is 31.2 Å². The van der Waals surface area contributed by atoms with Crippen molar-refractivity contribution in [3.8, 4) is 11.3 Å². The van der Waals surface area contributed by atoms with Crippen molar-refractivity contribution in [3.63, 3.8) is 0 Å². The molecular formula is C14H9N4O+. The van der Waals surface area contributed by atoms with E-state index in [1.807, 2.05) is 18.3 Å². The van der Waals surface area contributed by atoms with Gasteiger partial charge in [-0.2, -0.15) is 8.97 Å². The molecule has 0 amide bonds. The van der Waals surface area contributed by atoms with Crippen LogP contribution in [0.1, 0.15) is 5.69 Å². The predicted octanol–water partition coefficient (Wildman–Crippen LogP) is 1.79. The average molecular weight is 249 g/mol. The summed E-state index contributed by atoms with van der Waals surface area (Å²) in [5.74, 6) is 0.830. The van der Waals surface area contributed by atoms with Crippen LogP contribution in [0.2, 0.25) is 0 Å². The average Bonchev–Trinajstić information content (AvgIpc) is 3.07. The van der Waals surface area contributed by atoms with Gasteiger partial charge in [0, 0.05) is 18.5 Å². The number of nitrogens with zero attached hydrogens (tertiary/aromatic N) is 4. The summed E-state index contributed by atoms with van der Waals surface area (Å²) < 4.78 is 10.1. The minimum Gasteiger partial charge on any atom is -0.385 e. The summed E-state index contributed by atoms with van der Waals surface area (Å²) in [6.07, 6.45) is 7.46.